The Hall–Kier alpha value is -2.75. The molecule has 2 N–H and O–H groups in total. The van der Waals surface area contributed by atoms with Gasteiger partial charge in [0.05, 0.1) is 11.1 Å². The van der Waals surface area contributed by atoms with Crippen LogP contribution in [0.1, 0.15) is 15.9 Å². The Balaban J connectivity index is 1.90. The van der Waals surface area contributed by atoms with Crippen molar-refractivity contribution < 1.29 is 14.6 Å². The first-order chi connectivity index (χ1) is 9.75. The minimum atomic E-state index is -0.948. The van der Waals surface area contributed by atoms with Crippen molar-refractivity contribution in [1.29, 1.82) is 0 Å². The van der Waals surface area contributed by atoms with Gasteiger partial charge in [-0.3, -0.25) is 0 Å². The number of carboxylic acid groups (broad SMARTS) is 1. The van der Waals surface area contributed by atoms with Crippen LogP contribution in [0.2, 0.25) is 0 Å². The number of carbonyl (C=O) groups is 1. The van der Waals surface area contributed by atoms with Gasteiger partial charge in [0.25, 0.3) is 0 Å². The highest BCUT2D eigenvalue weighted by Gasteiger charge is 2.13. The zero-order valence-electron chi connectivity index (χ0n) is 10.7. The first-order valence-electron chi connectivity index (χ1n) is 6.26. The molecule has 0 amide bonds. The van der Waals surface area contributed by atoms with Gasteiger partial charge < -0.3 is 14.8 Å². The molecular formula is C16H13NO3. The van der Waals surface area contributed by atoms with Gasteiger partial charge >= 0.3 is 5.97 Å². The van der Waals surface area contributed by atoms with Crippen molar-refractivity contribution in [2.45, 2.75) is 6.61 Å². The number of carboxylic acids is 1. The van der Waals surface area contributed by atoms with Crippen molar-refractivity contribution in [2.75, 3.05) is 0 Å². The summed E-state index contributed by atoms with van der Waals surface area (Å²) in [4.78, 5) is 14.1. The minimum Gasteiger partial charge on any atom is -0.487 e. The van der Waals surface area contributed by atoms with Gasteiger partial charge in [0.1, 0.15) is 12.4 Å². The van der Waals surface area contributed by atoms with Gasteiger partial charge in [-0.05, 0) is 11.6 Å². The number of para-hydroxylation sites is 1. The van der Waals surface area contributed by atoms with Crippen molar-refractivity contribution in [3.8, 4) is 5.75 Å². The van der Waals surface area contributed by atoms with E-state index < -0.39 is 5.97 Å². The van der Waals surface area contributed by atoms with E-state index in [9.17, 15) is 4.79 Å². The third kappa shape index (κ3) is 2.23. The largest absolute Gasteiger partial charge is 0.487 e. The second-order valence-electron chi connectivity index (χ2n) is 4.46. The summed E-state index contributed by atoms with van der Waals surface area (Å²) >= 11 is 0. The van der Waals surface area contributed by atoms with E-state index in [1.807, 2.05) is 36.4 Å². The quantitative estimate of drug-likeness (QED) is 0.761. The zero-order valence-corrected chi connectivity index (χ0v) is 10.7. The smallest absolute Gasteiger partial charge is 0.337 e. The second kappa shape index (κ2) is 5.09. The van der Waals surface area contributed by atoms with Crippen molar-refractivity contribution in [2.24, 2.45) is 0 Å². The van der Waals surface area contributed by atoms with Gasteiger partial charge in [-0.15, -0.1) is 0 Å². The van der Waals surface area contributed by atoms with Crippen molar-refractivity contribution in [3.05, 3.63) is 65.9 Å². The molecule has 1 heterocycles. The van der Waals surface area contributed by atoms with E-state index in [1.54, 1.807) is 12.1 Å². The first kappa shape index (κ1) is 12.3. The second-order valence-corrected chi connectivity index (χ2v) is 4.46. The predicted octanol–water partition coefficient (Wildman–Crippen LogP) is 3.45. The molecule has 0 aliphatic carbocycles. The Bertz CT molecular complexity index is 747. The molecule has 1 aromatic heterocycles. The Labute approximate surface area is 115 Å². The predicted molar refractivity (Wildman–Crippen MR) is 76.0 cm³/mol. The fourth-order valence-corrected chi connectivity index (χ4v) is 2.16. The summed E-state index contributed by atoms with van der Waals surface area (Å²) in [6, 6.07) is 15.2. The molecule has 4 nitrogen and oxygen atoms in total. The van der Waals surface area contributed by atoms with Crippen LogP contribution in [0, 0.1) is 0 Å². The molecule has 0 unspecified atom stereocenters. The number of aromatic nitrogens is 1. The van der Waals surface area contributed by atoms with Crippen molar-refractivity contribution in [1.82, 2.24) is 4.98 Å². The van der Waals surface area contributed by atoms with Crippen LogP contribution in [0.5, 0.6) is 5.75 Å². The highest BCUT2D eigenvalue weighted by atomic mass is 16.5. The lowest BCUT2D eigenvalue weighted by Crippen LogP contribution is -1.96. The van der Waals surface area contributed by atoms with Gasteiger partial charge in [0.15, 0.2) is 0 Å². The number of aromatic carboxylic acids is 1. The Morgan fingerprint density at radius 3 is 2.65 bits per heavy atom. The molecule has 0 atom stereocenters. The molecule has 3 rings (SSSR count). The van der Waals surface area contributed by atoms with Crippen molar-refractivity contribution in [3.63, 3.8) is 0 Å². The van der Waals surface area contributed by atoms with E-state index in [4.69, 9.17) is 9.84 Å². The van der Waals surface area contributed by atoms with Gasteiger partial charge in [0.2, 0.25) is 0 Å². The summed E-state index contributed by atoms with van der Waals surface area (Å²) in [5, 5.41) is 9.77. The van der Waals surface area contributed by atoms with Crippen LogP contribution in [0.3, 0.4) is 0 Å². The van der Waals surface area contributed by atoms with E-state index >= 15 is 0 Å². The molecule has 0 aliphatic heterocycles. The van der Waals surface area contributed by atoms with E-state index in [0.29, 0.717) is 23.3 Å². The number of fused-ring (bicyclic) bond motifs is 1. The number of hydrogen-bond donors (Lipinski definition) is 2. The lowest BCUT2D eigenvalue weighted by Gasteiger charge is -2.07. The molecule has 0 bridgehead atoms. The Morgan fingerprint density at radius 1 is 1.10 bits per heavy atom. The molecule has 4 heteroatoms. The molecule has 0 spiro atoms. The van der Waals surface area contributed by atoms with Crippen molar-refractivity contribution >= 4 is 16.9 Å². The number of H-pyrrole nitrogens is 1. The number of aromatic amines is 1. The fourth-order valence-electron chi connectivity index (χ4n) is 2.16. The van der Waals surface area contributed by atoms with Crippen LogP contribution >= 0.6 is 0 Å². The number of nitrogens with one attached hydrogen (secondary N) is 1. The van der Waals surface area contributed by atoms with Crippen LogP contribution < -0.4 is 4.74 Å². The topological polar surface area (TPSA) is 62.3 Å². The third-order valence-corrected chi connectivity index (χ3v) is 3.14. The number of hydrogen-bond acceptors (Lipinski definition) is 2. The van der Waals surface area contributed by atoms with Gasteiger partial charge in [-0.1, -0.05) is 42.5 Å². The summed E-state index contributed by atoms with van der Waals surface area (Å²) in [6.45, 7) is 0.446. The summed E-state index contributed by atoms with van der Waals surface area (Å²) in [7, 11) is 0. The Morgan fingerprint density at radius 2 is 1.90 bits per heavy atom. The van der Waals surface area contributed by atoms with E-state index in [1.165, 1.54) is 6.20 Å². The van der Waals surface area contributed by atoms with E-state index in [2.05, 4.69) is 4.98 Å². The highest BCUT2D eigenvalue weighted by Crippen LogP contribution is 2.27. The maximum Gasteiger partial charge on any atom is 0.337 e. The van der Waals surface area contributed by atoms with Gasteiger partial charge in [0, 0.05) is 11.6 Å². The van der Waals surface area contributed by atoms with Crippen LogP contribution in [0.4, 0.5) is 0 Å². The maximum absolute atomic E-state index is 11.1. The summed E-state index contributed by atoms with van der Waals surface area (Å²) in [5.41, 5.74) is 2.03. The van der Waals surface area contributed by atoms with Crippen LogP contribution in [-0.2, 0) is 6.61 Å². The van der Waals surface area contributed by atoms with Crippen LogP contribution in [0.25, 0.3) is 10.9 Å². The summed E-state index contributed by atoms with van der Waals surface area (Å²) in [5.74, 6) is -0.296. The van der Waals surface area contributed by atoms with Crippen LogP contribution in [-0.4, -0.2) is 16.1 Å². The number of ether oxygens (including phenoxy) is 1. The lowest BCUT2D eigenvalue weighted by atomic mass is 10.1. The molecular weight excluding hydrogens is 254 g/mol. The SMILES string of the molecule is O=C(O)c1c[nH]c2c(OCc3ccccc3)cccc12. The Kier molecular flexibility index (Phi) is 3.13. The third-order valence-electron chi connectivity index (χ3n) is 3.14. The van der Waals surface area contributed by atoms with Gasteiger partial charge in [-0.2, -0.15) is 0 Å². The molecule has 0 fully saturated rings. The van der Waals surface area contributed by atoms with E-state index in [-0.39, 0.29) is 5.56 Å². The number of rotatable bonds is 4. The summed E-state index contributed by atoms with van der Waals surface area (Å²) in [6.07, 6.45) is 1.49. The average Bonchev–Trinajstić information content (AvgIpc) is 2.91. The minimum absolute atomic E-state index is 0.255. The normalized spacial score (nSPS) is 10.6. The lowest BCUT2D eigenvalue weighted by molar-refractivity contribution is 0.0699. The van der Waals surface area contributed by atoms with Crippen LogP contribution in [0.15, 0.2) is 54.7 Å². The monoisotopic (exact) mass is 267 g/mol. The maximum atomic E-state index is 11.1. The molecule has 0 saturated heterocycles. The molecule has 0 aliphatic rings. The fraction of sp³-hybridized carbons (Fsp3) is 0.0625. The number of benzene rings is 2. The average molecular weight is 267 g/mol. The van der Waals surface area contributed by atoms with E-state index in [0.717, 1.165) is 5.56 Å². The summed E-state index contributed by atoms with van der Waals surface area (Å²) < 4.78 is 5.77. The standard InChI is InChI=1S/C16H13NO3/c18-16(19)13-9-17-15-12(13)7-4-8-14(15)20-10-11-5-2-1-3-6-11/h1-9,17H,10H2,(H,18,19). The molecule has 2 aromatic carbocycles. The molecule has 100 valence electrons. The molecule has 3 aromatic rings. The molecule has 0 saturated carbocycles. The zero-order chi connectivity index (χ0) is 13.9. The molecule has 0 radical (unpaired) electrons. The molecule has 20 heavy (non-hydrogen) atoms. The first-order valence-corrected chi connectivity index (χ1v) is 6.26. The highest BCUT2D eigenvalue weighted by molar-refractivity contribution is 6.04. The van der Waals surface area contributed by atoms with Gasteiger partial charge in [-0.25, -0.2) is 4.79 Å².